The average Bonchev–Trinajstić information content (AvgIpc) is 2.00. The molecular formula is C6H10ClNO4. The molecular weight excluding hydrogens is 186 g/mol. The molecule has 0 heterocycles. The maximum Gasteiger partial charge on any atom is 0.328 e. The third-order valence-electron chi connectivity index (χ3n) is 1.14. The van der Waals surface area contributed by atoms with Crippen LogP contribution in [-0.4, -0.2) is 40.6 Å². The van der Waals surface area contributed by atoms with E-state index in [1.807, 2.05) is 0 Å². The van der Waals surface area contributed by atoms with Gasteiger partial charge in [-0.3, -0.25) is 4.79 Å². The van der Waals surface area contributed by atoms with Crippen LogP contribution in [0.1, 0.15) is 6.42 Å². The van der Waals surface area contributed by atoms with E-state index in [1.165, 1.54) is 0 Å². The minimum atomic E-state index is -1.26. The first-order valence-corrected chi connectivity index (χ1v) is 3.84. The van der Waals surface area contributed by atoms with Crippen molar-refractivity contribution in [3.8, 4) is 0 Å². The first-order valence-electron chi connectivity index (χ1n) is 3.30. The van der Waals surface area contributed by atoms with Crippen molar-refractivity contribution in [2.24, 2.45) is 0 Å². The minimum absolute atomic E-state index is 0.0470. The van der Waals surface area contributed by atoms with Crippen LogP contribution in [0, 0.1) is 0 Å². The van der Waals surface area contributed by atoms with E-state index >= 15 is 0 Å². The maximum atomic E-state index is 10.7. The number of hydrogen-bond acceptors (Lipinski definition) is 3. The topological polar surface area (TPSA) is 86.6 Å². The zero-order chi connectivity index (χ0) is 9.56. The van der Waals surface area contributed by atoms with Crippen LogP contribution in [0.15, 0.2) is 0 Å². The highest BCUT2D eigenvalue weighted by Crippen LogP contribution is 1.88. The van der Waals surface area contributed by atoms with Crippen molar-refractivity contribution in [1.82, 2.24) is 5.32 Å². The number of aliphatic hydroxyl groups excluding tert-OH is 1. The number of nitrogens with one attached hydrogen (secondary N) is 1. The zero-order valence-electron chi connectivity index (χ0n) is 6.29. The Bertz CT molecular complexity index is 173. The van der Waals surface area contributed by atoms with Gasteiger partial charge >= 0.3 is 5.97 Å². The Morgan fingerprint density at radius 3 is 2.42 bits per heavy atom. The van der Waals surface area contributed by atoms with Gasteiger partial charge in [0.15, 0.2) is 0 Å². The molecule has 0 saturated heterocycles. The van der Waals surface area contributed by atoms with E-state index in [9.17, 15) is 9.59 Å². The summed E-state index contributed by atoms with van der Waals surface area (Å²) in [7, 11) is 0. The third kappa shape index (κ3) is 4.15. The van der Waals surface area contributed by atoms with Gasteiger partial charge in [0.2, 0.25) is 5.91 Å². The number of amides is 1. The number of alkyl halides is 1. The SMILES string of the molecule is O=C(CCCl)NC(CO)C(=O)O. The highest BCUT2D eigenvalue weighted by atomic mass is 35.5. The van der Waals surface area contributed by atoms with Crippen molar-refractivity contribution in [3.63, 3.8) is 0 Å². The number of aliphatic hydroxyl groups is 1. The van der Waals surface area contributed by atoms with Crippen molar-refractivity contribution in [3.05, 3.63) is 0 Å². The van der Waals surface area contributed by atoms with Crippen LogP contribution in [0.4, 0.5) is 0 Å². The first kappa shape index (κ1) is 11.2. The van der Waals surface area contributed by atoms with E-state index in [2.05, 4.69) is 5.32 Å². The molecule has 0 aromatic rings. The molecule has 6 heteroatoms. The summed E-state index contributed by atoms with van der Waals surface area (Å²) in [5.41, 5.74) is 0. The number of carbonyl (C=O) groups is 2. The molecule has 5 nitrogen and oxygen atoms in total. The predicted octanol–water partition coefficient (Wildman–Crippen LogP) is -0.823. The van der Waals surface area contributed by atoms with Gasteiger partial charge in [-0.05, 0) is 0 Å². The summed E-state index contributed by atoms with van der Waals surface area (Å²) in [6.45, 7) is -0.622. The fourth-order valence-corrected chi connectivity index (χ4v) is 0.709. The second-order valence-corrected chi connectivity index (χ2v) is 2.46. The lowest BCUT2D eigenvalue weighted by atomic mass is 10.3. The summed E-state index contributed by atoms with van der Waals surface area (Å²) < 4.78 is 0. The monoisotopic (exact) mass is 195 g/mol. The van der Waals surface area contributed by atoms with Crippen molar-refractivity contribution < 1.29 is 19.8 Å². The zero-order valence-corrected chi connectivity index (χ0v) is 7.04. The normalized spacial score (nSPS) is 12.2. The third-order valence-corrected chi connectivity index (χ3v) is 1.33. The van der Waals surface area contributed by atoms with Crippen molar-refractivity contribution in [1.29, 1.82) is 0 Å². The number of carboxylic acids is 1. The number of carboxylic acid groups (broad SMARTS) is 1. The molecule has 0 fully saturated rings. The molecule has 0 aliphatic carbocycles. The van der Waals surface area contributed by atoms with E-state index in [0.29, 0.717) is 0 Å². The molecule has 12 heavy (non-hydrogen) atoms. The van der Waals surface area contributed by atoms with Crippen LogP contribution in [0.3, 0.4) is 0 Å². The van der Waals surface area contributed by atoms with E-state index in [1.54, 1.807) is 0 Å². The fourth-order valence-electron chi connectivity index (χ4n) is 0.538. The van der Waals surface area contributed by atoms with Gasteiger partial charge in [0, 0.05) is 12.3 Å². The largest absolute Gasteiger partial charge is 0.480 e. The lowest BCUT2D eigenvalue weighted by molar-refractivity contribution is -0.142. The Balaban J connectivity index is 3.85. The summed E-state index contributed by atoms with van der Waals surface area (Å²) in [4.78, 5) is 21.0. The van der Waals surface area contributed by atoms with Gasteiger partial charge in [-0.2, -0.15) is 0 Å². The molecule has 0 rings (SSSR count). The summed E-state index contributed by atoms with van der Waals surface area (Å²) in [6, 6.07) is -1.24. The molecule has 0 spiro atoms. The molecule has 0 radical (unpaired) electrons. The van der Waals surface area contributed by atoms with E-state index in [-0.39, 0.29) is 12.3 Å². The van der Waals surface area contributed by atoms with Crippen molar-refractivity contribution >= 4 is 23.5 Å². The van der Waals surface area contributed by atoms with Gasteiger partial charge in [-0.25, -0.2) is 4.79 Å². The maximum absolute atomic E-state index is 10.7. The summed E-state index contributed by atoms with van der Waals surface area (Å²) in [5, 5.41) is 19.0. The van der Waals surface area contributed by atoms with Crippen LogP contribution in [0.5, 0.6) is 0 Å². The summed E-state index contributed by atoms with van der Waals surface area (Å²) >= 11 is 5.23. The molecule has 0 aromatic heterocycles. The average molecular weight is 196 g/mol. The predicted molar refractivity (Wildman–Crippen MR) is 42.0 cm³/mol. The Labute approximate surface area is 74.3 Å². The summed E-state index contributed by atoms with van der Waals surface area (Å²) in [6.07, 6.45) is 0.0470. The van der Waals surface area contributed by atoms with E-state index in [0.717, 1.165) is 0 Å². The lowest BCUT2D eigenvalue weighted by Gasteiger charge is -2.10. The molecule has 0 aliphatic rings. The molecule has 0 aromatic carbocycles. The Morgan fingerprint density at radius 2 is 2.08 bits per heavy atom. The van der Waals surface area contributed by atoms with Gasteiger partial charge in [0.05, 0.1) is 6.61 Å². The number of rotatable bonds is 5. The summed E-state index contributed by atoms with van der Waals surface area (Å²) in [5.74, 6) is -1.62. The van der Waals surface area contributed by atoms with Gasteiger partial charge < -0.3 is 15.5 Å². The second-order valence-electron chi connectivity index (χ2n) is 2.08. The van der Waals surface area contributed by atoms with E-state index in [4.69, 9.17) is 21.8 Å². The molecule has 0 bridgehead atoms. The number of aliphatic carboxylic acids is 1. The van der Waals surface area contributed by atoms with Gasteiger partial charge in [-0.15, -0.1) is 11.6 Å². The van der Waals surface area contributed by atoms with Gasteiger partial charge in [0.1, 0.15) is 6.04 Å². The molecule has 70 valence electrons. The second kappa shape index (κ2) is 5.79. The molecule has 1 unspecified atom stereocenters. The van der Waals surface area contributed by atoms with Gasteiger partial charge in [-0.1, -0.05) is 0 Å². The number of halogens is 1. The number of hydrogen-bond donors (Lipinski definition) is 3. The Morgan fingerprint density at radius 1 is 1.50 bits per heavy atom. The Hall–Kier alpha value is -0.810. The van der Waals surface area contributed by atoms with E-state index < -0.39 is 24.5 Å². The van der Waals surface area contributed by atoms with Crippen LogP contribution in [-0.2, 0) is 9.59 Å². The van der Waals surface area contributed by atoms with Crippen LogP contribution >= 0.6 is 11.6 Å². The van der Waals surface area contributed by atoms with Crippen LogP contribution in [0.25, 0.3) is 0 Å². The van der Waals surface area contributed by atoms with Crippen LogP contribution in [0.2, 0.25) is 0 Å². The smallest absolute Gasteiger partial charge is 0.328 e. The Kier molecular flexibility index (Phi) is 5.40. The van der Waals surface area contributed by atoms with Gasteiger partial charge in [0.25, 0.3) is 0 Å². The lowest BCUT2D eigenvalue weighted by Crippen LogP contribution is -2.43. The fraction of sp³-hybridized carbons (Fsp3) is 0.667. The quantitative estimate of drug-likeness (QED) is 0.500. The molecule has 0 aliphatic heterocycles. The molecule has 3 N–H and O–H groups in total. The van der Waals surface area contributed by atoms with Crippen LogP contribution < -0.4 is 5.32 Å². The van der Waals surface area contributed by atoms with Crippen molar-refractivity contribution in [2.45, 2.75) is 12.5 Å². The standard InChI is InChI=1S/C6H10ClNO4/c7-2-1-5(10)8-4(3-9)6(11)12/h4,9H,1-3H2,(H,8,10)(H,11,12). The molecule has 0 saturated carbocycles. The molecule has 1 atom stereocenters. The minimum Gasteiger partial charge on any atom is -0.480 e. The van der Waals surface area contributed by atoms with Crippen molar-refractivity contribution in [2.75, 3.05) is 12.5 Å². The first-order chi connectivity index (χ1) is 5.61. The molecule has 1 amide bonds. The number of carbonyl (C=O) groups excluding carboxylic acids is 1. The highest BCUT2D eigenvalue weighted by Gasteiger charge is 2.17. The highest BCUT2D eigenvalue weighted by molar-refractivity contribution is 6.18.